The number of carbonyl (C=O) groups excluding carboxylic acids is 1. The van der Waals surface area contributed by atoms with Gasteiger partial charge in [-0.15, -0.1) is 0 Å². The van der Waals surface area contributed by atoms with E-state index in [4.69, 9.17) is 4.74 Å². The van der Waals surface area contributed by atoms with E-state index in [-0.39, 0.29) is 0 Å². The third-order valence-corrected chi connectivity index (χ3v) is 3.29. The summed E-state index contributed by atoms with van der Waals surface area (Å²) < 4.78 is 31.9. The fourth-order valence-corrected chi connectivity index (χ4v) is 2.11. The number of fused-ring (bicyclic) bond motifs is 1. The minimum atomic E-state index is -0.981. The predicted octanol–water partition coefficient (Wildman–Crippen LogP) is 3.25. The molecule has 3 aromatic rings. The molecule has 23 heavy (non-hydrogen) atoms. The second-order valence-electron chi connectivity index (χ2n) is 4.93. The quantitative estimate of drug-likeness (QED) is 0.776. The highest BCUT2D eigenvalue weighted by Gasteiger charge is 2.17. The maximum Gasteiger partial charge on any atom is 0.265 e. The molecule has 0 spiro atoms. The first-order valence-electron chi connectivity index (χ1n) is 6.89. The summed E-state index contributed by atoms with van der Waals surface area (Å²) in [6.45, 7) is 1.57. The summed E-state index contributed by atoms with van der Waals surface area (Å²) in [5.41, 5.74) is 0.734. The zero-order valence-electron chi connectivity index (χ0n) is 12.1. The van der Waals surface area contributed by atoms with E-state index in [9.17, 15) is 13.6 Å². The molecule has 2 heterocycles. The zero-order valence-corrected chi connectivity index (χ0v) is 12.1. The third kappa shape index (κ3) is 3.13. The number of rotatable bonds is 4. The molecule has 0 aliphatic carbocycles. The lowest BCUT2D eigenvalue weighted by Crippen LogP contribution is -2.30. The van der Waals surface area contributed by atoms with Crippen molar-refractivity contribution in [1.82, 2.24) is 9.97 Å². The molecule has 118 valence electrons. The van der Waals surface area contributed by atoms with Gasteiger partial charge in [-0.05, 0) is 19.1 Å². The van der Waals surface area contributed by atoms with E-state index in [1.165, 1.54) is 6.20 Å². The maximum atomic E-state index is 13.4. The normalized spacial score (nSPS) is 12.1. The van der Waals surface area contributed by atoms with Crippen molar-refractivity contribution < 1.29 is 18.3 Å². The lowest BCUT2D eigenvalue weighted by atomic mass is 10.2. The van der Waals surface area contributed by atoms with E-state index in [2.05, 4.69) is 15.3 Å². The molecule has 0 fully saturated rings. The molecule has 3 rings (SSSR count). The van der Waals surface area contributed by atoms with Gasteiger partial charge in [0.25, 0.3) is 5.91 Å². The summed E-state index contributed by atoms with van der Waals surface area (Å²) in [6.07, 6.45) is 2.21. The third-order valence-electron chi connectivity index (χ3n) is 3.29. The molecule has 1 aromatic carbocycles. The minimum absolute atomic E-state index is 0.321. The summed E-state index contributed by atoms with van der Waals surface area (Å²) in [5, 5.41) is 3.00. The highest BCUT2D eigenvalue weighted by atomic mass is 19.2. The Morgan fingerprint density at radius 3 is 2.83 bits per heavy atom. The molecule has 0 aliphatic heterocycles. The van der Waals surface area contributed by atoms with Crippen molar-refractivity contribution in [3.63, 3.8) is 0 Å². The van der Waals surface area contributed by atoms with Crippen molar-refractivity contribution in [1.29, 1.82) is 0 Å². The van der Waals surface area contributed by atoms with E-state index >= 15 is 0 Å². The lowest BCUT2D eigenvalue weighted by Gasteiger charge is -2.13. The Kier molecular flexibility index (Phi) is 3.92. The van der Waals surface area contributed by atoms with Gasteiger partial charge in [0.1, 0.15) is 0 Å². The molecular weight excluding hydrogens is 304 g/mol. The first-order chi connectivity index (χ1) is 11.0. The number of amides is 1. The average molecular weight is 317 g/mol. The summed E-state index contributed by atoms with van der Waals surface area (Å²) in [5.74, 6) is -2.04. The van der Waals surface area contributed by atoms with Crippen LogP contribution in [0, 0.1) is 11.6 Å². The summed E-state index contributed by atoms with van der Waals surface area (Å²) in [6, 6.07) is 7.17. The Morgan fingerprint density at radius 1 is 1.30 bits per heavy atom. The number of anilines is 1. The highest BCUT2D eigenvalue weighted by Crippen LogP contribution is 2.25. The molecule has 0 saturated carbocycles. The Bertz CT molecular complexity index is 849. The highest BCUT2D eigenvalue weighted by molar-refractivity contribution is 6.03. The number of aromatic amines is 1. The van der Waals surface area contributed by atoms with Crippen molar-refractivity contribution in [2.75, 3.05) is 5.32 Å². The Hall–Kier alpha value is -2.96. The van der Waals surface area contributed by atoms with Gasteiger partial charge in [0.05, 0.1) is 11.2 Å². The van der Waals surface area contributed by atoms with Gasteiger partial charge in [0, 0.05) is 29.9 Å². The fourth-order valence-electron chi connectivity index (χ4n) is 2.11. The number of nitrogens with one attached hydrogen (secondary N) is 2. The Labute approximate surface area is 130 Å². The lowest BCUT2D eigenvalue weighted by molar-refractivity contribution is -0.122. The van der Waals surface area contributed by atoms with Gasteiger partial charge < -0.3 is 15.0 Å². The number of hydrogen-bond donors (Lipinski definition) is 2. The predicted molar refractivity (Wildman–Crippen MR) is 81.2 cm³/mol. The van der Waals surface area contributed by atoms with Gasteiger partial charge in [-0.25, -0.2) is 13.8 Å². The number of halogens is 2. The molecular formula is C16H13F2N3O2. The minimum Gasteiger partial charge on any atom is -0.465 e. The molecule has 1 unspecified atom stereocenters. The molecule has 0 aliphatic rings. The van der Waals surface area contributed by atoms with Gasteiger partial charge >= 0.3 is 0 Å². The van der Waals surface area contributed by atoms with E-state index in [0.29, 0.717) is 22.5 Å². The van der Waals surface area contributed by atoms with Gasteiger partial charge in [0.15, 0.2) is 17.7 Å². The van der Waals surface area contributed by atoms with Crippen molar-refractivity contribution in [2.45, 2.75) is 13.0 Å². The van der Waals surface area contributed by atoms with Crippen molar-refractivity contribution in [2.24, 2.45) is 0 Å². The molecule has 1 amide bonds. The maximum absolute atomic E-state index is 13.4. The van der Waals surface area contributed by atoms with E-state index in [0.717, 1.165) is 12.1 Å². The Balaban J connectivity index is 1.76. The Morgan fingerprint density at radius 2 is 2.09 bits per heavy atom. The first-order valence-corrected chi connectivity index (χ1v) is 6.89. The number of carbonyl (C=O) groups is 1. The summed E-state index contributed by atoms with van der Waals surface area (Å²) in [7, 11) is 0. The van der Waals surface area contributed by atoms with Crippen LogP contribution in [-0.4, -0.2) is 22.0 Å². The van der Waals surface area contributed by atoms with E-state index in [1.807, 2.05) is 0 Å². The summed E-state index contributed by atoms with van der Waals surface area (Å²) >= 11 is 0. The van der Waals surface area contributed by atoms with E-state index in [1.54, 1.807) is 31.3 Å². The van der Waals surface area contributed by atoms with Crippen LogP contribution in [0.25, 0.3) is 10.9 Å². The molecule has 2 N–H and O–H groups in total. The van der Waals surface area contributed by atoms with Gasteiger partial charge in [-0.3, -0.25) is 4.79 Å². The summed E-state index contributed by atoms with van der Waals surface area (Å²) in [4.78, 5) is 18.9. The van der Waals surface area contributed by atoms with Crippen LogP contribution in [-0.2, 0) is 4.79 Å². The van der Waals surface area contributed by atoms with Crippen LogP contribution in [0.2, 0.25) is 0 Å². The van der Waals surface area contributed by atoms with E-state index < -0.39 is 23.6 Å². The molecule has 0 radical (unpaired) electrons. The van der Waals surface area contributed by atoms with Crippen molar-refractivity contribution >= 4 is 22.5 Å². The smallest absolute Gasteiger partial charge is 0.265 e. The number of benzene rings is 1. The van der Waals surface area contributed by atoms with Crippen LogP contribution in [0.3, 0.4) is 0 Å². The largest absolute Gasteiger partial charge is 0.465 e. The molecule has 0 saturated heterocycles. The number of pyridine rings is 1. The molecule has 7 heteroatoms. The number of nitrogens with zero attached hydrogens (tertiary/aromatic N) is 1. The van der Waals surface area contributed by atoms with Crippen LogP contribution in [0.4, 0.5) is 14.5 Å². The average Bonchev–Trinajstić information content (AvgIpc) is 2.91. The molecule has 5 nitrogen and oxygen atoms in total. The zero-order chi connectivity index (χ0) is 16.4. The number of aromatic nitrogens is 2. The number of hydrogen-bond acceptors (Lipinski definition) is 3. The van der Waals surface area contributed by atoms with Gasteiger partial charge in [-0.1, -0.05) is 6.07 Å². The second kappa shape index (κ2) is 6.04. The van der Waals surface area contributed by atoms with Crippen LogP contribution < -0.4 is 10.1 Å². The number of ether oxygens (including phenoxy) is 1. The monoisotopic (exact) mass is 317 g/mol. The van der Waals surface area contributed by atoms with Crippen molar-refractivity contribution in [3.8, 4) is 5.88 Å². The molecule has 0 bridgehead atoms. The standard InChI is InChI=1S/C16H13F2N3O2/c1-9(23-15-4-2-3-5-19-15)16(22)21-14-8-20-13-7-12(18)11(17)6-10(13)14/h2-9,20H,1H3,(H,21,22). The first kappa shape index (κ1) is 15.0. The number of H-pyrrole nitrogens is 1. The van der Waals surface area contributed by atoms with Crippen LogP contribution >= 0.6 is 0 Å². The SMILES string of the molecule is CC(Oc1ccccn1)C(=O)Nc1c[nH]c2cc(F)c(F)cc12. The molecule has 2 aromatic heterocycles. The fraction of sp³-hybridized carbons (Fsp3) is 0.125. The van der Waals surface area contributed by atoms with Gasteiger partial charge in [-0.2, -0.15) is 0 Å². The second-order valence-corrected chi connectivity index (χ2v) is 4.93. The van der Waals surface area contributed by atoms with Gasteiger partial charge in [0.2, 0.25) is 5.88 Å². The topological polar surface area (TPSA) is 67.0 Å². The van der Waals surface area contributed by atoms with Crippen LogP contribution in [0.5, 0.6) is 5.88 Å². The molecule has 1 atom stereocenters. The van der Waals surface area contributed by atoms with Crippen LogP contribution in [0.1, 0.15) is 6.92 Å². The van der Waals surface area contributed by atoms with Crippen LogP contribution in [0.15, 0.2) is 42.7 Å². The van der Waals surface area contributed by atoms with Crippen molar-refractivity contribution in [3.05, 3.63) is 54.4 Å².